The molecule has 0 spiro atoms. The standard InChI is InChI=1S/C18H32N2O/c1-7-12-21-17-10-8-16(9-11-17)18(19-5)13-20(6)15(4)14(2)3/h8-11,14-15,18-19H,7,12-13H2,1-6H3. The van der Waals surface area contributed by atoms with Crippen LogP contribution in [0.5, 0.6) is 5.75 Å². The lowest BCUT2D eigenvalue weighted by Crippen LogP contribution is -2.39. The highest BCUT2D eigenvalue weighted by molar-refractivity contribution is 5.29. The highest BCUT2D eigenvalue weighted by atomic mass is 16.5. The van der Waals surface area contributed by atoms with Gasteiger partial charge in [0.05, 0.1) is 6.61 Å². The molecule has 2 atom stereocenters. The summed E-state index contributed by atoms with van der Waals surface area (Å²) in [6.07, 6.45) is 1.04. The van der Waals surface area contributed by atoms with Crippen LogP contribution in [0.25, 0.3) is 0 Å². The molecule has 0 heterocycles. The fraction of sp³-hybridized carbons (Fsp3) is 0.667. The van der Waals surface area contributed by atoms with E-state index in [1.807, 2.05) is 7.05 Å². The number of nitrogens with zero attached hydrogens (tertiary/aromatic N) is 1. The van der Waals surface area contributed by atoms with Gasteiger partial charge in [0.2, 0.25) is 0 Å². The lowest BCUT2D eigenvalue weighted by molar-refractivity contribution is 0.190. The van der Waals surface area contributed by atoms with Crippen molar-refractivity contribution in [3.63, 3.8) is 0 Å². The van der Waals surface area contributed by atoms with Gasteiger partial charge >= 0.3 is 0 Å². The van der Waals surface area contributed by atoms with Crippen LogP contribution in [0.4, 0.5) is 0 Å². The van der Waals surface area contributed by atoms with Gasteiger partial charge < -0.3 is 15.0 Å². The van der Waals surface area contributed by atoms with Crippen molar-refractivity contribution in [2.24, 2.45) is 5.92 Å². The Morgan fingerprint density at radius 2 is 1.76 bits per heavy atom. The molecule has 0 saturated carbocycles. The monoisotopic (exact) mass is 292 g/mol. The first-order valence-electron chi connectivity index (χ1n) is 8.09. The maximum atomic E-state index is 5.64. The van der Waals surface area contributed by atoms with Crippen molar-refractivity contribution in [3.05, 3.63) is 29.8 Å². The minimum absolute atomic E-state index is 0.344. The van der Waals surface area contributed by atoms with E-state index in [1.54, 1.807) is 0 Å². The average molecular weight is 292 g/mol. The molecular formula is C18H32N2O. The summed E-state index contributed by atoms with van der Waals surface area (Å²) in [5.74, 6) is 1.62. The fourth-order valence-corrected chi connectivity index (χ4v) is 2.34. The second-order valence-electron chi connectivity index (χ2n) is 6.18. The number of likely N-dealkylation sites (N-methyl/N-ethyl adjacent to an activating group) is 2. The summed E-state index contributed by atoms with van der Waals surface area (Å²) in [7, 11) is 4.23. The third-order valence-electron chi connectivity index (χ3n) is 4.23. The largest absolute Gasteiger partial charge is 0.494 e. The molecule has 1 N–H and O–H groups in total. The van der Waals surface area contributed by atoms with Gasteiger partial charge in [-0.3, -0.25) is 0 Å². The number of benzene rings is 1. The number of hydrogen-bond donors (Lipinski definition) is 1. The molecule has 0 aliphatic heterocycles. The molecule has 1 aromatic rings. The van der Waals surface area contributed by atoms with Crippen LogP contribution in [-0.2, 0) is 0 Å². The van der Waals surface area contributed by atoms with Crippen LogP contribution in [0.1, 0.15) is 45.7 Å². The van der Waals surface area contributed by atoms with Crippen molar-refractivity contribution < 1.29 is 4.74 Å². The quantitative estimate of drug-likeness (QED) is 0.751. The summed E-state index contributed by atoms with van der Waals surface area (Å²) in [5, 5.41) is 3.42. The van der Waals surface area contributed by atoms with Gasteiger partial charge in [0.15, 0.2) is 0 Å². The van der Waals surface area contributed by atoms with Gasteiger partial charge in [-0.15, -0.1) is 0 Å². The molecule has 0 aliphatic rings. The van der Waals surface area contributed by atoms with Gasteiger partial charge in [0, 0.05) is 18.6 Å². The Balaban J connectivity index is 2.67. The lowest BCUT2D eigenvalue weighted by atomic mass is 10.0. The van der Waals surface area contributed by atoms with Crippen LogP contribution in [0.3, 0.4) is 0 Å². The van der Waals surface area contributed by atoms with Gasteiger partial charge in [-0.25, -0.2) is 0 Å². The minimum Gasteiger partial charge on any atom is -0.494 e. The van der Waals surface area contributed by atoms with Crippen LogP contribution in [0.15, 0.2) is 24.3 Å². The molecule has 1 rings (SSSR count). The Labute approximate surface area is 130 Å². The molecule has 0 radical (unpaired) electrons. The lowest BCUT2D eigenvalue weighted by Gasteiger charge is -2.31. The second-order valence-corrected chi connectivity index (χ2v) is 6.18. The van der Waals surface area contributed by atoms with E-state index in [-0.39, 0.29) is 0 Å². The van der Waals surface area contributed by atoms with Crippen LogP contribution in [0.2, 0.25) is 0 Å². The summed E-state index contributed by atoms with van der Waals surface area (Å²) >= 11 is 0. The van der Waals surface area contributed by atoms with E-state index in [1.165, 1.54) is 5.56 Å². The molecule has 0 fully saturated rings. The first kappa shape index (κ1) is 18.0. The predicted octanol–water partition coefficient (Wildman–Crippen LogP) is 3.71. The zero-order valence-corrected chi connectivity index (χ0v) is 14.5. The number of ether oxygens (including phenoxy) is 1. The van der Waals surface area contributed by atoms with Crippen molar-refractivity contribution in [3.8, 4) is 5.75 Å². The van der Waals surface area contributed by atoms with E-state index in [4.69, 9.17) is 4.74 Å². The van der Waals surface area contributed by atoms with E-state index in [9.17, 15) is 0 Å². The molecule has 3 nitrogen and oxygen atoms in total. The Morgan fingerprint density at radius 3 is 2.24 bits per heavy atom. The SMILES string of the molecule is CCCOc1ccc(C(CN(C)C(C)C(C)C)NC)cc1. The van der Waals surface area contributed by atoms with E-state index in [0.717, 1.165) is 25.3 Å². The average Bonchev–Trinajstić information content (AvgIpc) is 2.50. The molecule has 0 bridgehead atoms. The minimum atomic E-state index is 0.344. The third-order valence-corrected chi connectivity index (χ3v) is 4.23. The molecule has 0 aromatic heterocycles. The molecule has 3 heteroatoms. The van der Waals surface area contributed by atoms with Gasteiger partial charge in [-0.2, -0.15) is 0 Å². The van der Waals surface area contributed by atoms with Crippen LogP contribution >= 0.6 is 0 Å². The van der Waals surface area contributed by atoms with Gasteiger partial charge in [-0.1, -0.05) is 32.9 Å². The van der Waals surface area contributed by atoms with E-state index >= 15 is 0 Å². The molecule has 0 amide bonds. The van der Waals surface area contributed by atoms with E-state index < -0.39 is 0 Å². The highest BCUT2D eigenvalue weighted by Gasteiger charge is 2.18. The fourth-order valence-electron chi connectivity index (χ4n) is 2.34. The summed E-state index contributed by atoms with van der Waals surface area (Å²) < 4.78 is 5.64. The first-order valence-corrected chi connectivity index (χ1v) is 8.09. The summed E-state index contributed by atoms with van der Waals surface area (Å²) in [5.41, 5.74) is 1.31. The van der Waals surface area contributed by atoms with Crippen LogP contribution in [0, 0.1) is 5.92 Å². The maximum absolute atomic E-state index is 5.64. The van der Waals surface area contributed by atoms with Crippen molar-refractivity contribution >= 4 is 0 Å². The number of hydrogen-bond acceptors (Lipinski definition) is 3. The Hall–Kier alpha value is -1.06. The van der Waals surface area contributed by atoms with Crippen molar-refractivity contribution in [2.75, 3.05) is 27.2 Å². The Kier molecular flexibility index (Phi) is 7.76. The molecule has 2 unspecified atom stereocenters. The smallest absolute Gasteiger partial charge is 0.119 e. The molecule has 120 valence electrons. The summed E-state index contributed by atoms with van der Waals surface area (Å²) in [6, 6.07) is 9.40. The Morgan fingerprint density at radius 1 is 1.14 bits per heavy atom. The van der Waals surface area contributed by atoms with Gasteiger partial charge in [0.25, 0.3) is 0 Å². The van der Waals surface area contributed by atoms with E-state index in [2.05, 4.69) is 69.2 Å². The molecule has 0 aliphatic carbocycles. The molecule has 21 heavy (non-hydrogen) atoms. The van der Waals surface area contributed by atoms with Crippen molar-refractivity contribution in [1.82, 2.24) is 10.2 Å². The second kappa shape index (κ2) is 9.06. The highest BCUT2D eigenvalue weighted by Crippen LogP contribution is 2.20. The first-order chi connectivity index (χ1) is 9.99. The van der Waals surface area contributed by atoms with Crippen LogP contribution in [-0.4, -0.2) is 38.2 Å². The molecule has 0 saturated heterocycles. The Bertz CT molecular complexity index is 389. The maximum Gasteiger partial charge on any atom is 0.119 e. The zero-order valence-electron chi connectivity index (χ0n) is 14.5. The van der Waals surface area contributed by atoms with E-state index in [0.29, 0.717) is 18.0 Å². The molecular weight excluding hydrogens is 260 g/mol. The number of rotatable bonds is 9. The van der Waals surface area contributed by atoms with Crippen LogP contribution < -0.4 is 10.1 Å². The summed E-state index contributed by atoms with van der Waals surface area (Å²) in [6.45, 7) is 10.7. The normalized spacial score (nSPS) is 14.5. The molecule has 1 aromatic carbocycles. The topological polar surface area (TPSA) is 24.5 Å². The predicted molar refractivity (Wildman–Crippen MR) is 91.0 cm³/mol. The number of nitrogens with one attached hydrogen (secondary N) is 1. The van der Waals surface area contributed by atoms with Gasteiger partial charge in [0.1, 0.15) is 5.75 Å². The zero-order chi connectivity index (χ0) is 15.8. The summed E-state index contributed by atoms with van der Waals surface area (Å²) in [4.78, 5) is 2.42. The van der Waals surface area contributed by atoms with Gasteiger partial charge in [-0.05, 0) is 51.1 Å². The third kappa shape index (κ3) is 5.68. The van der Waals surface area contributed by atoms with Crippen molar-refractivity contribution in [2.45, 2.75) is 46.2 Å². The van der Waals surface area contributed by atoms with Crippen molar-refractivity contribution in [1.29, 1.82) is 0 Å².